The molecule has 6 heteroatoms. The molecule has 2 rings (SSSR count). The zero-order chi connectivity index (χ0) is 15.4. The molecule has 1 aliphatic rings. The maximum absolute atomic E-state index is 13.6. The second-order valence-corrected chi connectivity index (χ2v) is 6.56. The number of hydrogen-bond acceptors (Lipinski definition) is 3. The zero-order valence-corrected chi connectivity index (χ0v) is 13.6. The Morgan fingerprint density at radius 1 is 1.33 bits per heavy atom. The van der Waals surface area contributed by atoms with Gasteiger partial charge in [-0.1, -0.05) is 22.9 Å². The number of rotatable bonds is 5. The van der Waals surface area contributed by atoms with Crippen LogP contribution < -0.4 is 4.74 Å². The summed E-state index contributed by atoms with van der Waals surface area (Å²) >= 11 is 3.01. The van der Waals surface area contributed by atoms with Gasteiger partial charge in [0.05, 0.1) is 0 Å². The number of aliphatic hydroxyl groups excluding tert-OH is 1. The average molecular weight is 364 g/mol. The Bertz CT molecular complexity index is 456. The van der Waals surface area contributed by atoms with Gasteiger partial charge in [0.25, 0.3) is 0 Å². The summed E-state index contributed by atoms with van der Waals surface area (Å²) < 4.78 is 32.6. The van der Waals surface area contributed by atoms with Crippen LogP contribution in [0, 0.1) is 17.6 Å². The van der Waals surface area contributed by atoms with E-state index < -0.39 is 23.5 Å². The molecular weight excluding hydrogens is 344 g/mol. The lowest BCUT2D eigenvalue weighted by molar-refractivity contribution is 0.0539. The topological polar surface area (TPSA) is 32.7 Å². The smallest absolute Gasteiger partial charge is 0.190 e. The number of piperidine rings is 1. The lowest BCUT2D eigenvalue weighted by Gasteiger charge is -2.31. The molecule has 1 fully saturated rings. The standard InChI is InChI=1S/C15H20BrF2NO2/c1-10-2-4-19(5-3-10)8-12(20)9-21-15-13(17)6-11(16)7-14(15)18/h6-7,10,12,20H,2-5,8-9H2,1H3. The van der Waals surface area contributed by atoms with Crippen molar-refractivity contribution in [1.29, 1.82) is 0 Å². The van der Waals surface area contributed by atoms with Gasteiger partial charge in [0.15, 0.2) is 17.4 Å². The molecule has 1 N–H and O–H groups in total. The fraction of sp³-hybridized carbons (Fsp3) is 0.600. The second-order valence-electron chi connectivity index (χ2n) is 5.65. The van der Waals surface area contributed by atoms with Crippen molar-refractivity contribution in [3.8, 4) is 5.75 Å². The zero-order valence-electron chi connectivity index (χ0n) is 12.0. The number of nitrogens with zero attached hydrogens (tertiary/aromatic N) is 1. The summed E-state index contributed by atoms with van der Waals surface area (Å²) in [5.74, 6) is -1.27. The molecule has 0 saturated carbocycles. The Kier molecular flexibility index (Phi) is 5.96. The third-order valence-electron chi connectivity index (χ3n) is 3.73. The highest BCUT2D eigenvalue weighted by atomic mass is 79.9. The molecule has 1 aliphatic heterocycles. The van der Waals surface area contributed by atoms with Gasteiger partial charge >= 0.3 is 0 Å². The van der Waals surface area contributed by atoms with Crippen LogP contribution in [0.1, 0.15) is 19.8 Å². The highest BCUT2D eigenvalue weighted by molar-refractivity contribution is 9.10. The number of aliphatic hydroxyl groups is 1. The Morgan fingerprint density at radius 2 is 1.90 bits per heavy atom. The van der Waals surface area contributed by atoms with Crippen LogP contribution in [0.3, 0.4) is 0 Å². The number of halogens is 3. The van der Waals surface area contributed by atoms with Gasteiger partial charge in [-0.05, 0) is 44.0 Å². The molecule has 0 spiro atoms. The molecule has 1 saturated heterocycles. The lowest BCUT2D eigenvalue weighted by atomic mass is 9.99. The molecule has 0 bridgehead atoms. The van der Waals surface area contributed by atoms with Gasteiger partial charge in [0.1, 0.15) is 12.7 Å². The predicted molar refractivity (Wildman–Crippen MR) is 80.4 cm³/mol. The summed E-state index contributed by atoms with van der Waals surface area (Å²) in [4.78, 5) is 2.16. The van der Waals surface area contributed by atoms with Crippen LogP contribution in [0.15, 0.2) is 16.6 Å². The molecule has 1 unspecified atom stereocenters. The highest BCUT2D eigenvalue weighted by Crippen LogP contribution is 2.26. The molecule has 1 aromatic carbocycles. The van der Waals surface area contributed by atoms with Crippen molar-refractivity contribution in [2.24, 2.45) is 5.92 Å². The summed E-state index contributed by atoms with van der Waals surface area (Å²) in [7, 11) is 0. The largest absolute Gasteiger partial charge is 0.485 e. The van der Waals surface area contributed by atoms with E-state index in [1.54, 1.807) is 0 Å². The van der Waals surface area contributed by atoms with Crippen molar-refractivity contribution in [1.82, 2.24) is 4.90 Å². The number of β-amino-alcohol motifs (C(OH)–C–C–N with tert-alkyl or cyclic N) is 1. The van der Waals surface area contributed by atoms with Crippen LogP contribution >= 0.6 is 15.9 Å². The Morgan fingerprint density at radius 3 is 2.48 bits per heavy atom. The molecule has 118 valence electrons. The SMILES string of the molecule is CC1CCN(CC(O)COc2c(F)cc(Br)cc2F)CC1. The molecular formula is C15H20BrF2NO2. The molecule has 21 heavy (non-hydrogen) atoms. The Balaban J connectivity index is 1.83. The van der Waals surface area contributed by atoms with Crippen molar-refractivity contribution in [3.63, 3.8) is 0 Å². The van der Waals surface area contributed by atoms with Gasteiger partial charge in [-0.25, -0.2) is 8.78 Å². The highest BCUT2D eigenvalue weighted by Gasteiger charge is 2.19. The van der Waals surface area contributed by atoms with E-state index in [-0.39, 0.29) is 6.61 Å². The fourth-order valence-corrected chi connectivity index (χ4v) is 2.84. The molecule has 0 amide bonds. The molecule has 1 heterocycles. The van der Waals surface area contributed by atoms with Gasteiger partial charge in [-0.15, -0.1) is 0 Å². The van der Waals surface area contributed by atoms with Crippen molar-refractivity contribution in [3.05, 3.63) is 28.2 Å². The minimum atomic E-state index is -0.777. The van der Waals surface area contributed by atoms with Crippen LogP contribution in [0.5, 0.6) is 5.75 Å². The van der Waals surface area contributed by atoms with Crippen molar-refractivity contribution < 1.29 is 18.6 Å². The van der Waals surface area contributed by atoms with E-state index in [4.69, 9.17) is 4.74 Å². The first kappa shape index (κ1) is 16.6. The summed E-state index contributed by atoms with van der Waals surface area (Å²) in [5, 5.41) is 9.94. The van der Waals surface area contributed by atoms with Crippen LogP contribution in [0.4, 0.5) is 8.78 Å². The van der Waals surface area contributed by atoms with Gasteiger partial charge in [-0.3, -0.25) is 0 Å². The lowest BCUT2D eigenvalue weighted by Crippen LogP contribution is -2.40. The summed E-state index contributed by atoms with van der Waals surface area (Å²) in [6.45, 7) is 4.45. The van der Waals surface area contributed by atoms with Crippen LogP contribution in [0.2, 0.25) is 0 Å². The van der Waals surface area contributed by atoms with Crippen molar-refractivity contribution in [2.75, 3.05) is 26.2 Å². The predicted octanol–water partition coefficient (Wildman–Crippen LogP) is 3.20. The van der Waals surface area contributed by atoms with Gasteiger partial charge in [0, 0.05) is 11.0 Å². The van der Waals surface area contributed by atoms with E-state index in [2.05, 4.69) is 27.8 Å². The van der Waals surface area contributed by atoms with E-state index in [9.17, 15) is 13.9 Å². The van der Waals surface area contributed by atoms with E-state index in [1.165, 1.54) is 0 Å². The molecule has 0 radical (unpaired) electrons. The third kappa shape index (κ3) is 4.90. The molecule has 3 nitrogen and oxygen atoms in total. The van der Waals surface area contributed by atoms with Crippen LogP contribution in [-0.2, 0) is 0 Å². The van der Waals surface area contributed by atoms with E-state index >= 15 is 0 Å². The number of benzene rings is 1. The second kappa shape index (κ2) is 7.51. The van der Waals surface area contributed by atoms with E-state index in [0.717, 1.165) is 44.0 Å². The molecule has 0 aliphatic carbocycles. The monoisotopic (exact) mass is 363 g/mol. The van der Waals surface area contributed by atoms with Crippen molar-refractivity contribution in [2.45, 2.75) is 25.9 Å². The maximum Gasteiger partial charge on any atom is 0.190 e. The Labute approximate surface area is 132 Å². The number of hydrogen-bond donors (Lipinski definition) is 1. The van der Waals surface area contributed by atoms with Gasteiger partial charge < -0.3 is 14.7 Å². The average Bonchev–Trinajstić information content (AvgIpc) is 2.40. The first-order valence-corrected chi connectivity index (χ1v) is 7.92. The van der Waals surface area contributed by atoms with Crippen LogP contribution in [0.25, 0.3) is 0 Å². The fourth-order valence-electron chi connectivity index (χ4n) is 2.44. The van der Waals surface area contributed by atoms with Gasteiger partial charge in [-0.2, -0.15) is 0 Å². The number of likely N-dealkylation sites (tertiary alicyclic amines) is 1. The third-order valence-corrected chi connectivity index (χ3v) is 4.19. The van der Waals surface area contributed by atoms with E-state index in [1.807, 2.05) is 0 Å². The molecule has 1 aromatic rings. The maximum atomic E-state index is 13.6. The van der Waals surface area contributed by atoms with Crippen molar-refractivity contribution >= 4 is 15.9 Å². The molecule has 0 aromatic heterocycles. The van der Waals surface area contributed by atoms with Crippen LogP contribution in [-0.4, -0.2) is 42.4 Å². The Hall–Kier alpha value is -0.720. The first-order valence-electron chi connectivity index (χ1n) is 7.13. The van der Waals surface area contributed by atoms with E-state index in [0.29, 0.717) is 11.0 Å². The molecule has 1 atom stereocenters. The summed E-state index contributed by atoms with van der Waals surface area (Å²) in [6, 6.07) is 2.27. The number of ether oxygens (including phenoxy) is 1. The minimum Gasteiger partial charge on any atom is -0.485 e. The minimum absolute atomic E-state index is 0.123. The van der Waals surface area contributed by atoms with Gasteiger partial charge in [0.2, 0.25) is 0 Å². The summed E-state index contributed by atoms with van der Waals surface area (Å²) in [6.07, 6.45) is 1.47. The quantitative estimate of drug-likeness (QED) is 0.871. The normalized spacial score (nSPS) is 18.7. The summed E-state index contributed by atoms with van der Waals surface area (Å²) in [5.41, 5.74) is 0. The first-order chi connectivity index (χ1) is 9.95.